The quantitative estimate of drug-likeness (QED) is 0.715. The van der Waals surface area contributed by atoms with Gasteiger partial charge in [-0.1, -0.05) is 30.3 Å². The monoisotopic (exact) mass is 418 g/mol. The maximum absolute atomic E-state index is 13.1. The molecule has 1 saturated heterocycles. The summed E-state index contributed by atoms with van der Waals surface area (Å²) >= 11 is 0. The summed E-state index contributed by atoms with van der Waals surface area (Å²) < 4.78 is 40.1. The van der Waals surface area contributed by atoms with E-state index in [2.05, 4.69) is 5.32 Å². The molecule has 1 fully saturated rings. The lowest BCUT2D eigenvalue weighted by Gasteiger charge is -2.32. The van der Waals surface area contributed by atoms with Crippen LogP contribution in [0.4, 0.5) is 4.39 Å². The molecular formula is C22H27FN2O3S. The third-order valence-electron chi connectivity index (χ3n) is 5.29. The first-order valence-electron chi connectivity index (χ1n) is 10.0. The highest BCUT2D eigenvalue weighted by molar-refractivity contribution is 7.89. The number of carbonyl (C=O) groups excluding carboxylic acids is 1. The molecule has 0 spiro atoms. The zero-order valence-electron chi connectivity index (χ0n) is 16.4. The number of piperidine rings is 1. The van der Waals surface area contributed by atoms with Gasteiger partial charge in [0.15, 0.2) is 0 Å². The van der Waals surface area contributed by atoms with E-state index in [0.717, 1.165) is 31.4 Å². The van der Waals surface area contributed by atoms with Gasteiger partial charge < -0.3 is 5.32 Å². The topological polar surface area (TPSA) is 66.5 Å². The number of hydrogen-bond acceptors (Lipinski definition) is 3. The minimum Gasteiger partial charge on any atom is -0.356 e. The van der Waals surface area contributed by atoms with Gasteiger partial charge in [-0.2, -0.15) is 4.31 Å². The van der Waals surface area contributed by atoms with Crippen LogP contribution in [0.15, 0.2) is 59.5 Å². The Bertz CT molecular complexity index is 901. The molecule has 2 aromatic carbocycles. The highest BCUT2D eigenvalue weighted by Crippen LogP contribution is 2.26. The van der Waals surface area contributed by atoms with Gasteiger partial charge in [0, 0.05) is 26.1 Å². The predicted molar refractivity (Wildman–Crippen MR) is 110 cm³/mol. The third kappa shape index (κ3) is 6.11. The van der Waals surface area contributed by atoms with Gasteiger partial charge in [-0.3, -0.25) is 4.79 Å². The summed E-state index contributed by atoms with van der Waals surface area (Å²) in [5, 5.41) is 2.94. The Labute approximate surface area is 172 Å². The molecule has 1 aliphatic rings. The lowest BCUT2D eigenvalue weighted by atomic mass is 9.94. The van der Waals surface area contributed by atoms with Gasteiger partial charge in [-0.05, 0) is 61.4 Å². The number of hydrogen-bond donors (Lipinski definition) is 1. The molecule has 1 heterocycles. The van der Waals surface area contributed by atoms with Gasteiger partial charge in [0.25, 0.3) is 0 Å². The molecule has 1 atom stereocenters. The van der Waals surface area contributed by atoms with Crippen molar-refractivity contribution in [1.29, 1.82) is 0 Å². The van der Waals surface area contributed by atoms with Crippen LogP contribution in [0.1, 0.15) is 31.2 Å². The first kappa shape index (κ1) is 21.5. The summed E-state index contributed by atoms with van der Waals surface area (Å²) in [6.07, 6.45) is 3.52. The summed E-state index contributed by atoms with van der Waals surface area (Å²) in [7, 11) is -3.63. The number of carbonyl (C=O) groups is 1. The number of benzene rings is 2. The Morgan fingerprint density at radius 2 is 1.83 bits per heavy atom. The van der Waals surface area contributed by atoms with Gasteiger partial charge >= 0.3 is 0 Å². The molecule has 1 amide bonds. The molecule has 1 unspecified atom stereocenters. The summed E-state index contributed by atoms with van der Waals surface area (Å²) in [4.78, 5) is 12.2. The van der Waals surface area contributed by atoms with Crippen molar-refractivity contribution in [2.75, 3.05) is 19.6 Å². The van der Waals surface area contributed by atoms with E-state index in [1.807, 2.05) is 30.3 Å². The van der Waals surface area contributed by atoms with Gasteiger partial charge in [-0.25, -0.2) is 12.8 Å². The van der Waals surface area contributed by atoms with Crippen molar-refractivity contribution in [3.63, 3.8) is 0 Å². The summed E-state index contributed by atoms with van der Waals surface area (Å²) in [5.41, 5.74) is 1.18. The van der Waals surface area contributed by atoms with Crippen molar-refractivity contribution < 1.29 is 17.6 Å². The minimum atomic E-state index is -3.63. The van der Waals surface area contributed by atoms with Crippen LogP contribution in [0.2, 0.25) is 0 Å². The third-order valence-corrected chi connectivity index (χ3v) is 7.17. The molecule has 0 saturated carbocycles. The van der Waals surface area contributed by atoms with Gasteiger partial charge in [0.1, 0.15) is 5.82 Å². The number of rotatable bonds is 8. The standard InChI is InChI=1S/C22H27FN2O3S/c23-20-9-11-21(12-10-20)29(27,28)25-16-4-7-19(17-25)8-13-22(26)24-15-14-18-5-2-1-3-6-18/h1-3,5-6,9-12,19H,4,7-8,13-17H2,(H,24,26). The highest BCUT2D eigenvalue weighted by Gasteiger charge is 2.30. The zero-order chi connectivity index (χ0) is 20.7. The molecular weight excluding hydrogens is 391 g/mol. The smallest absolute Gasteiger partial charge is 0.243 e. The number of amides is 1. The maximum Gasteiger partial charge on any atom is 0.243 e. The first-order valence-corrected chi connectivity index (χ1v) is 11.5. The molecule has 29 heavy (non-hydrogen) atoms. The molecule has 0 bridgehead atoms. The van der Waals surface area contributed by atoms with Gasteiger partial charge in [0.2, 0.25) is 15.9 Å². The summed E-state index contributed by atoms with van der Waals surface area (Å²) in [6.45, 7) is 1.45. The number of sulfonamides is 1. The molecule has 1 aliphatic heterocycles. The molecule has 5 nitrogen and oxygen atoms in total. The van der Waals surface area contributed by atoms with E-state index in [-0.39, 0.29) is 16.7 Å². The Kier molecular flexibility index (Phi) is 7.39. The van der Waals surface area contributed by atoms with Crippen LogP contribution in [0, 0.1) is 11.7 Å². The molecule has 1 N–H and O–H groups in total. The molecule has 7 heteroatoms. The number of halogens is 1. The zero-order valence-corrected chi connectivity index (χ0v) is 17.2. The van der Waals surface area contributed by atoms with Crippen molar-refractivity contribution >= 4 is 15.9 Å². The fourth-order valence-electron chi connectivity index (χ4n) is 3.65. The SMILES string of the molecule is O=C(CCC1CCCN(S(=O)(=O)c2ccc(F)cc2)C1)NCCc1ccccc1. The Hall–Kier alpha value is -2.25. The number of nitrogens with one attached hydrogen (secondary N) is 1. The van der Waals surface area contributed by atoms with E-state index in [1.165, 1.54) is 22.0 Å². The Morgan fingerprint density at radius 1 is 1.10 bits per heavy atom. The van der Waals surface area contributed by atoms with Crippen molar-refractivity contribution in [3.8, 4) is 0 Å². The van der Waals surface area contributed by atoms with E-state index >= 15 is 0 Å². The fourth-order valence-corrected chi connectivity index (χ4v) is 5.21. The predicted octanol–water partition coefficient (Wildman–Crippen LogP) is 3.37. The second kappa shape index (κ2) is 9.98. The second-order valence-electron chi connectivity index (χ2n) is 7.45. The molecule has 156 valence electrons. The van der Waals surface area contributed by atoms with Crippen LogP contribution in [0.3, 0.4) is 0 Å². The highest BCUT2D eigenvalue weighted by atomic mass is 32.2. The molecule has 0 aromatic heterocycles. The van der Waals surface area contributed by atoms with E-state index in [0.29, 0.717) is 32.5 Å². The van der Waals surface area contributed by atoms with Crippen LogP contribution >= 0.6 is 0 Å². The number of nitrogens with zero attached hydrogens (tertiary/aromatic N) is 1. The lowest BCUT2D eigenvalue weighted by molar-refractivity contribution is -0.121. The van der Waals surface area contributed by atoms with E-state index < -0.39 is 15.8 Å². The van der Waals surface area contributed by atoms with Crippen molar-refractivity contribution in [2.45, 2.75) is 37.0 Å². The van der Waals surface area contributed by atoms with Crippen LogP contribution in [0.25, 0.3) is 0 Å². The lowest BCUT2D eigenvalue weighted by Crippen LogP contribution is -2.40. The molecule has 2 aromatic rings. The Morgan fingerprint density at radius 3 is 2.55 bits per heavy atom. The van der Waals surface area contributed by atoms with Crippen molar-refractivity contribution in [3.05, 3.63) is 66.0 Å². The first-order chi connectivity index (χ1) is 13.9. The largest absolute Gasteiger partial charge is 0.356 e. The molecule has 3 rings (SSSR count). The van der Waals surface area contributed by atoms with E-state index in [4.69, 9.17) is 0 Å². The van der Waals surface area contributed by atoms with Crippen LogP contribution < -0.4 is 5.32 Å². The average molecular weight is 419 g/mol. The summed E-state index contributed by atoms with van der Waals surface area (Å²) in [5.74, 6) is -0.308. The van der Waals surface area contributed by atoms with Crippen LogP contribution in [-0.4, -0.2) is 38.3 Å². The van der Waals surface area contributed by atoms with Gasteiger partial charge in [-0.15, -0.1) is 0 Å². The molecule has 0 aliphatic carbocycles. The summed E-state index contributed by atoms with van der Waals surface area (Å²) in [6, 6.07) is 14.9. The van der Waals surface area contributed by atoms with Crippen molar-refractivity contribution in [1.82, 2.24) is 9.62 Å². The van der Waals surface area contributed by atoms with Crippen molar-refractivity contribution in [2.24, 2.45) is 5.92 Å². The fraction of sp³-hybridized carbons (Fsp3) is 0.409. The van der Waals surface area contributed by atoms with Crippen LogP contribution in [0.5, 0.6) is 0 Å². The average Bonchev–Trinajstić information content (AvgIpc) is 2.73. The van der Waals surface area contributed by atoms with E-state index in [9.17, 15) is 17.6 Å². The maximum atomic E-state index is 13.1. The molecule has 0 radical (unpaired) electrons. The second-order valence-corrected chi connectivity index (χ2v) is 9.39. The van der Waals surface area contributed by atoms with Gasteiger partial charge in [0.05, 0.1) is 4.90 Å². The normalized spacial score (nSPS) is 17.8. The van der Waals surface area contributed by atoms with E-state index in [1.54, 1.807) is 0 Å². The van der Waals surface area contributed by atoms with Crippen LogP contribution in [-0.2, 0) is 21.2 Å². The Balaban J connectivity index is 1.45. The minimum absolute atomic E-state index is 0.000513.